The number of nitrogens with one attached hydrogen (secondary N) is 2. The van der Waals surface area contributed by atoms with Gasteiger partial charge in [-0.1, -0.05) is 17.9 Å². The SMILES string of the molecule is C[C@@H](C(O)NCCCC#Cc1cnc(Nc2ccc(C#N)cc2)nc1N1CCC(F)CC1)N(C)C(=O)/C=C/CN(C)C. The second kappa shape index (κ2) is 16.4. The van der Waals surface area contributed by atoms with Crippen LogP contribution in [-0.2, 0) is 4.79 Å². The van der Waals surface area contributed by atoms with Crippen molar-refractivity contribution in [3.05, 3.63) is 53.7 Å². The molecule has 10 nitrogen and oxygen atoms in total. The molecule has 1 aromatic carbocycles. The number of rotatable bonds is 12. The minimum atomic E-state index is -0.872. The normalized spacial score (nSPS) is 15.1. The first kappa shape index (κ1) is 32.5. The number of hydrogen-bond acceptors (Lipinski definition) is 9. The summed E-state index contributed by atoms with van der Waals surface area (Å²) in [5, 5.41) is 25.7. The Hall–Kier alpha value is -4.03. The summed E-state index contributed by atoms with van der Waals surface area (Å²) >= 11 is 0. The van der Waals surface area contributed by atoms with Gasteiger partial charge in [0.25, 0.3) is 0 Å². The standard InChI is InChI=1S/C31H41FN8O2/c1-23(39(4)28(41)10-8-18-38(2)3)30(42)34-17-7-5-6-9-25-22-35-31(36-27-13-11-24(21-33)12-14-27)37-29(25)40-19-15-26(32)16-20-40/h8,10-14,22-23,26,30,34,42H,5,7,15-20H2,1-4H3,(H,35,36,37)/b10-8+/t23-,30?/m0/s1. The summed E-state index contributed by atoms with van der Waals surface area (Å²) < 4.78 is 13.8. The van der Waals surface area contributed by atoms with Gasteiger partial charge >= 0.3 is 0 Å². The second-order valence-electron chi connectivity index (χ2n) is 10.6. The predicted octanol–water partition coefficient (Wildman–Crippen LogP) is 3.03. The van der Waals surface area contributed by atoms with Crippen LogP contribution in [0.15, 0.2) is 42.6 Å². The number of amides is 1. The highest BCUT2D eigenvalue weighted by Crippen LogP contribution is 2.25. The number of hydrogen-bond donors (Lipinski definition) is 3. The lowest BCUT2D eigenvalue weighted by molar-refractivity contribution is -0.129. The van der Waals surface area contributed by atoms with Gasteiger partial charge in [-0.05, 0) is 71.1 Å². The number of anilines is 3. The maximum absolute atomic E-state index is 13.8. The summed E-state index contributed by atoms with van der Waals surface area (Å²) in [7, 11) is 5.53. The number of likely N-dealkylation sites (N-methyl/N-ethyl adjacent to an activating group) is 2. The van der Waals surface area contributed by atoms with Crippen LogP contribution in [0, 0.1) is 23.2 Å². The van der Waals surface area contributed by atoms with Crippen LogP contribution < -0.4 is 15.5 Å². The molecule has 1 unspecified atom stereocenters. The van der Waals surface area contributed by atoms with Crippen molar-refractivity contribution in [1.29, 1.82) is 5.26 Å². The number of halogens is 1. The third kappa shape index (κ3) is 10.1. The fourth-order valence-corrected chi connectivity index (χ4v) is 4.23. The van der Waals surface area contributed by atoms with Crippen LogP contribution in [0.5, 0.6) is 0 Å². The topological polar surface area (TPSA) is 121 Å². The molecule has 11 heteroatoms. The predicted molar refractivity (Wildman–Crippen MR) is 163 cm³/mol. The molecule has 2 heterocycles. The molecule has 0 saturated carbocycles. The molecular formula is C31H41FN8O2. The minimum Gasteiger partial charge on any atom is -0.376 e. The Morgan fingerprint density at radius 1 is 1.26 bits per heavy atom. The third-order valence-corrected chi connectivity index (χ3v) is 6.96. The highest BCUT2D eigenvalue weighted by Gasteiger charge is 2.23. The summed E-state index contributed by atoms with van der Waals surface area (Å²) in [6.45, 7) is 4.08. The molecule has 2 atom stereocenters. The number of aliphatic hydroxyl groups is 1. The number of carbonyl (C=O) groups is 1. The average molecular weight is 577 g/mol. The molecule has 1 aliphatic rings. The van der Waals surface area contributed by atoms with Crippen LogP contribution >= 0.6 is 0 Å². The van der Waals surface area contributed by atoms with Crippen LogP contribution in [-0.4, -0.2) is 96.5 Å². The van der Waals surface area contributed by atoms with E-state index in [2.05, 4.69) is 33.5 Å². The maximum Gasteiger partial charge on any atom is 0.246 e. The molecule has 1 aromatic heterocycles. The zero-order valence-corrected chi connectivity index (χ0v) is 24.8. The number of alkyl halides is 1. The number of benzene rings is 1. The number of nitrogens with zero attached hydrogens (tertiary/aromatic N) is 6. The maximum atomic E-state index is 13.8. The van der Waals surface area contributed by atoms with Crippen molar-refractivity contribution >= 4 is 23.4 Å². The summed E-state index contributed by atoms with van der Waals surface area (Å²) in [5.74, 6) is 7.23. The Morgan fingerprint density at radius 3 is 2.64 bits per heavy atom. The van der Waals surface area contributed by atoms with E-state index in [0.717, 1.165) is 5.69 Å². The van der Waals surface area contributed by atoms with Gasteiger partial charge in [-0.25, -0.2) is 9.37 Å². The monoisotopic (exact) mass is 576 g/mol. The molecule has 3 N–H and O–H groups in total. The van der Waals surface area contributed by atoms with E-state index in [1.54, 1.807) is 50.5 Å². The quantitative estimate of drug-likeness (QED) is 0.152. The van der Waals surface area contributed by atoms with Crippen LogP contribution in [0.1, 0.15) is 43.7 Å². The molecule has 42 heavy (non-hydrogen) atoms. The van der Waals surface area contributed by atoms with Gasteiger partial charge in [0.05, 0.1) is 29.4 Å². The van der Waals surface area contributed by atoms with Crippen LogP contribution in [0.3, 0.4) is 0 Å². The number of aliphatic hydroxyl groups excluding tert-OH is 1. The van der Waals surface area contributed by atoms with Crippen molar-refractivity contribution in [2.75, 3.05) is 57.5 Å². The summed E-state index contributed by atoms with van der Waals surface area (Å²) in [4.78, 5) is 27.0. The van der Waals surface area contributed by atoms with E-state index in [-0.39, 0.29) is 5.91 Å². The van der Waals surface area contributed by atoms with Crippen molar-refractivity contribution in [2.24, 2.45) is 0 Å². The highest BCUT2D eigenvalue weighted by atomic mass is 19.1. The van der Waals surface area contributed by atoms with E-state index in [4.69, 9.17) is 10.2 Å². The first-order valence-electron chi connectivity index (χ1n) is 14.2. The molecule has 0 bridgehead atoms. The molecule has 3 rings (SSSR count). The molecule has 1 fully saturated rings. The summed E-state index contributed by atoms with van der Waals surface area (Å²) in [6.07, 6.45) is 5.46. The Morgan fingerprint density at radius 2 is 1.98 bits per heavy atom. The summed E-state index contributed by atoms with van der Waals surface area (Å²) in [6, 6.07) is 8.69. The van der Waals surface area contributed by atoms with E-state index >= 15 is 0 Å². The molecule has 2 aromatic rings. The van der Waals surface area contributed by atoms with Gasteiger partial charge in [0.2, 0.25) is 11.9 Å². The summed E-state index contributed by atoms with van der Waals surface area (Å²) in [5.41, 5.74) is 1.98. The van der Waals surface area contributed by atoms with Gasteiger partial charge in [-0.15, -0.1) is 0 Å². The zero-order valence-electron chi connectivity index (χ0n) is 24.8. The molecule has 1 saturated heterocycles. The minimum absolute atomic E-state index is 0.164. The molecule has 0 aliphatic carbocycles. The van der Waals surface area contributed by atoms with Gasteiger partial charge in [-0.3, -0.25) is 10.1 Å². The van der Waals surface area contributed by atoms with E-state index in [9.17, 15) is 14.3 Å². The fourth-order valence-electron chi connectivity index (χ4n) is 4.23. The highest BCUT2D eigenvalue weighted by molar-refractivity contribution is 5.87. The second-order valence-corrected chi connectivity index (χ2v) is 10.6. The molecule has 1 amide bonds. The molecule has 0 radical (unpaired) electrons. The van der Waals surface area contributed by atoms with Crippen LogP contribution in [0.25, 0.3) is 0 Å². The van der Waals surface area contributed by atoms with Gasteiger partial charge in [0.1, 0.15) is 18.2 Å². The Balaban J connectivity index is 1.57. The lowest BCUT2D eigenvalue weighted by Crippen LogP contribution is -2.49. The van der Waals surface area contributed by atoms with E-state index in [1.807, 2.05) is 23.9 Å². The molecular weight excluding hydrogens is 535 g/mol. The fraction of sp³-hybridized carbons (Fsp3) is 0.484. The van der Waals surface area contributed by atoms with Crippen molar-refractivity contribution < 1.29 is 14.3 Å². The lowest BCUT2D eigenvalue weighted by Gasteiger charge is -2.30. The Kier molecular flexibility index (Phi) is 12.7. The number of nitriles is 1. The Labute approximate surface area is 248 Å². The lowest BCUT2D eigenvalue weighted by atomic mass is 10.1. The number of piperidine rings is 1. The first-order valence-corrected chi connectivity index (χ1v) is 14.2. The number of aromatic nitrogens is 2. The van der Waals surface area contributed by atoms with E-state index in [1.165, 1.54) is 11.0 Å². The van der Waals surface area contributed by atoms with E-state index < -0.39 is 18.4 Å². The van der Waals surface area contributed by atoms with Crippen LogP contribution in [0.4, 0.5) is 21.8 Å². The zero-order chi connectivity index (χ0) is 30.5. The van der Waals surface area contributed by atoms with Crippen molar-refractivity contribution in [1.82, 2.24) is 25.1 Å². The van der Waals surface area contributed by atoms with Gasteiger partial charge in [0.15, 0.2) is 0 Å². The smallest absolute Gasteiger partial charge is 0.246 e. The number of unbranched alkanes of at least 4 members (excludes halogenated alkanes) is 1. The molecule has 0 spiro atoms. The molecule has 224 valence electrons. The Bertz CT molecular complexity index is 1290. The van der Waals surface area contributed by atoms with E-state index in [0.29, 0.717) is 74.8 Å². The molecule has 1 aliphatic heterocycles. The van der Waals surface area contributed by atoms with Crippen molar-refractivity contribution in [3.8, 4) is 17.9 Å². The largest absolute Gasteiger partial charge is 0.376 e. The van der Waals surface area contributed by atoms with Gasteiger partial charge in [-0.2, -0.15) is 10.2 Å². The van der Waals surface area contributed by atoms with Crippen molar-refractivity contribution in [3.63, 3.8) is 0 Å². The van der Waals surface area contributed by atoms with Gasteiger partial charge < -0.3 is 25.1 Å². The third-order valence-electron chi connectivity index (χ3n) is 6.96. The first-order chi connectivity index (χ1) is 20.2. The number of carbonyl (C=O) groups excluding carboxylic acids is 1. The van der Waals surface area contributed by atoms with Gasteiger partial charge in [0, 0.05) is 44.9 Å². The van der Waals surface area contributed by atoms with Crippen LogP contribution in [0.2, 0.25) is 0 Å². The average Bonchev–Trinajstić information content (AvgIpc) is 2.99. The van der Waals surface area contributed by atoms with Crippen molar-refractivity contribution in [2.45, 2.75) is 51.0 Å².